The molecule has 13 nitrogen and oxygen atoms in total. The minimum absolute atomic E-state index is 0.253. The Labute approximate surface area is 259 Å². The molecule has 3 aliphatic rings. The molecule has 0 aromatic rings. The number of ether oxygens (including phenoxy) is 4. The largest absolute Gasteiger partial charge is 0.462 e. The number of carbonyl (C=O) groups excluding carboxylic acids is 3. The molecule has 0 aliphatic carbocycles. The van der Waals surface area contributed by atoms with Gasteiger partial charge in [-0.2, -0.15) is 0 Å². The lowest BCUT2D eigenvalue weighted by molar-refractivity contribution is -0.303. The van der Waals surface area contributed by atoms with E-state index in [1.54, 1.807) is 59.7 Å². The standard InChI is InChI=1S/C31H52N2O11/c1-9-21-19(13-34)11-16(4)29-23(32-31(40)44-29)25(37)14(2)10-15(3)28(17(5)20(35)12-22(36)42-21)43-30-27(39)24(33(7)8)26(38)18(6)41-30/h11,14-15,17-21,23-24,26-30,34-35,38-39H,9-10,12-13H2,1-8H3,(H,32,40)/b16-11+/t14-,15+,17+,18?,19-,20-,21-,23?,24?,26?,27?,28+,29?,30?/m1/s1. The van der Waals surface area contributed by atoms with Crippen molar-refractivity contribution in [2.45, 2.75) is 122 Å². The summed E-state index contributed by atoms with van der Waals surface area (Å²) >= 11 is 0. The maximum absolute atomic E-state index is 13.7. The Morgan fingerprint density at radius 3 is 2.30 bits per heavy atom. The van der Waals surface area contributed by atoms with Crippen LogP contribution in [0.1, 0.15) is 60.8 Å². The monoisotopic (exact) mass is 628 g/mol. The molecule has 2 fully saturated rings. The van der Waals surface area contributed by atoms with E-state index >= 15 is 0 Å². The highest BCUT2D eigenvalue weighted by Crippen LogP contribution is 2.34. The second kappa shape index (κ2) is 15.4. The Kier molecular flexibility index (Phi) is 12.8. The quantitative estimate of drug-likeness (QED) is 0.213. The fourth-order valence-corrected chi connectivity index (χ4v) is 6.75. The Balaban J connectivity index is 1.99. The number of ketones is 1. The number of aliphatic hydroxyl groups is 4. The van der Waals surface area contributed by atoms with Crippen molar-refractivity contribution in [3.05, 3.63) is 11.6 Å². The smallest absolute Gasteiger partial charge is 0.408 e. The third kappa shape index (κ3) is 8.17. The molecule has 5 N–H and O–H groups in total. The number of rotatable bonds is 5. The van der Waals surface area contributed by atoms with Gasteiger partial charge in [-0.25, -0.2) is 4.79 Å². The highest BCUT2D eigenvalue weighted by atomic mass is 16.7. The summed E-state index contributed by atoms with van der Waals surface area (Å²) < 4.78 is 23.4. The normalized spacial score (nSPS) is 44.3. The molecular weight excluding hydrogens is 576 g/mol. The maximum Gasteiger partial charge on any atom is 0.408 e. The van der Waals surface area contributed by atoms with E-state index < -0.39 is 96.8 Å². The molecule has 252 valence electrons. The zero-order valence-electron chi connectivity index (χ0n) is 27.1. The summed E-state index contributed by atoms with van der Waals surface area (Å²) in [4.78, 5) is 40.8. The molecule has 2 saturated heterocycles. The molecule has 0 aromatic heterocycles. The number of nitrogens with zero attached hydrogens (tertiary/aromatic N) is 1. The van der Waals surface area contributed by atoms with Gasteiger partial charge in [0.25, 0.3) is 0 Å². The van der Waals surface area contributed by atoms with Gasteiger partial charge >= 0.3 is 12.1 Å². The second-order valence-corrected chi connectivity index (χ2v) is 13.0. The van der Waals surface area contributed by atoms with Crippen molar-refractivity contribution < 1.29 is 53.8 Å². The predicted molar refractivity (Wildman–Crippen MR) is 158 cm³/mol. The maximum atomic E-state index is 13.7. The van der Waals surface area contributed by atoms with Crippen LogP contribution in [0.4, 0.5) is 4.79 Å². The summed E-state index contributed by atoms with van der Waals surface area (Å²) in [6, 6.07) is -1.66. The first-order valence-corrected chi connectivity index (χ1v) is 15.6. The van der Waals surface area contributed by atoms with Crippen LogP contribution in [-0.2, 0) is 28.5 Å². The molecule has 44 heavy (non-hydrogen) atoms. The number of alkyl carbamates (subject to hydrolysis) is 1. The van der Waals surface area contributed by atoms with Crippen LogP contribution >= 0.6 is 0 Å². The Hall–Kier alpha value is -2.13. The summed E-state index contributed by atoms with van der Waals surface area (Å²) in [6.07, 6.45) is -6.47. The molecular formula is C31H52N2O11. The number of nitrogens with one attached hydrogen (secondary N) is 1. The third-order valence-electron chi connectivity index (χ3n) is 9.38. The molecule has 0 bridgehead atoms. The number of cyclic esters (lactones) is 1. The van der Waals surface area contributed by atoms with E-state index in [1.807, 2.05) is 6.92 Å². The van der Waals surface area contributed by atoms with Gasteiger partial charge in [0.2, 0.25) is 0 Å². The van der Waals surface area contributed by atoms with Crippen LogP contribution in [0.5, 0.6) is 0 Å². The van der Waals surface area contributed by atoms with Crippen molar-refractivity contribution >= 4 is 17.8 Å². The van der Waals surface area contributed by atoms with Gasteiger partial charge in [0, 0.05) is 17.8 Å². The van der Waals surface area contributed by atoms with Gasteiger partial charge in [-0.3, -0.25) is 9.59 Å². The van der Waals surface area contributed by atoms with Crippen LogP contribution in [-0.4, -0.2) is 125 Å². The van der Waals surface area contributed by atoms with E-state index in [0.29, 0.717) is 12.0 Å². The number of fused-ring (bicyclic) bond motifs is 1. The third-order valence-corrected chi connectivity index (χ3v) is 9.38. The molecule has 7 unspecified atom stereocenters. The predicted octanol–water partition coefficient (Wildman–Crippen LogP) is 0.754. The van der Waals surface area contributed by atoms with Crippen molar-refractivity contribution in [2.75, 3.05) is 20.7 Å². The zero-order chi connectivity index (χ0) is 33.0. The molecule has 0 radical (unpaired) electrons. The molecule has 1 amide bonds. The topological polar surface area (TPSA) is 184 Å². The van der Waals surface area contributed by atoms with Crippen LogP contribution < -0.4 is 5.32 Å². The first kappa shape index (κ1) is 36.3. The molecule has 3 rings (SSSR count). The number of carbonyl (C=O) groups is 3. The van der Waals surface area contributed by atoms with Gasteiger partial charge in [-0.05, 0) is 52.3 Å². The number of hydrogen-bond donors (Lipinski definition) is 5. The molecule has 3 aliphatic heterocycles. The Morgan fingerprint density at radius 1 is 1.05 bits per heavy atom. The summed E-state index contributed by atoms with van der Waals surface area (Å²) in [5.41, 5.74) is 0.535. The fraction of sp³-hybridized carbons (Fsp3) is 0.839. The lowest BCUT2D eigenvalue weighted by atomic mass is 9.80. The molecule has 0 spiro atoms. The number of amides is 1. The van der Waals surface area contributed by atoms with Crippen LogP contribution in [0, 0.1) is 23.7 Å². The van der Waals surface area contributed by atoms with E-state index in [4.69, 9.17) is 18.9 Å². The van der Waals surface area contributed by atoms with Gasteiger partial charge in [-0.1, -0.05) is 33.8 Å². The SMILES string of the molecule is CC[C@H]1OC(=O)C[C@@H](O)[C@H](C)[C@@H](OC2OC(C)C(O)C(N(C)C)C2O)[C@@H](C)C[C@@H](C)C(=O)C2NC(=O)OC2/C(C)=C/[C@@H]1CO. The van der Waals surface area contributed by atoms with Crippen molar-refractivity contribution in [2.24, 2.45) is 23.7 Å². The van der Waals surface area contributed by atoms with Gasteiger partial charge < -0.3 is 49.6 Å². The van der Waals surface area contributed by atoms with Gasteiger partial charge in [0.1, 0.15) is 18.2 Å². The molecule has 0 aromatic carbocycles. The van der Waals surface area contributed by atoms with Gasteiger partial charge in [0.05, 0.1) is 43.5 Å². The van der Waals surface area contributed by atoms with Crippen molar-refractivity contribution in [1.29, 1.82) is 0 Å². The number of aliphatic hydroxyl groups excluding tert-OH is 4. The lowest BCUT2D eigenvalue weighted by Crippen LogP contribution is -2.63. The summed E-state index contributed by atoms with van der Waals surface area (Å²) in [7, 11) is 3.46. The van der Waals surface area contributed by atoms with Crippen LogP contribution in [0.3, 0.4) is 0 Å². The van der Waals surface area contributed by atoms with Crippen molar-refractivity contribution in [3.63, 3.8) is 0 Å². The fourth-order valence-electron chi connectivity index (χ4n) is 6.75. The van der Waals surface area contributed by atoms with Crippen molar-refractivity contribution in [3.8, 4) is 0 Å². The first-order valence-electron chi connectivity index (χ1n) is 15.6. The number of esters is 1. The van der Waals surface area contributed by atoms with E-state index in [2.05, 4.69) is 5.32 Å². The molecule has 14 atom stereocenters. The van der Waals surface area contributed by atoms with Gasteiger partial charge in [-0.15, -0.1) is 0 Å². The second-order valence-electron chi connectivity index (χ2n) is 13.0. The average Bonchev–Trinajstić information content (AvgIpc) is 3.35. The Morgan fingerprint density at radius 2 is 1.70 bits per heavy atom. The summed E-state index contributed by atoms with van der Waals surface area (Å²) in [6.45, 7) is 10.1. The minimum atomic E-state index is -1.24. The average molecular weight is 629 g/mol. The number of Topliss-reactive ketones (excluding diaryl/α,β-unsaturated/α-hetero) is 1. The minimum Gasteiger partial charge on any atom is -0.462 e. The van der Waals surface area contributed by atoms with E-state index in [-0.39, 0.29) is 25.2 Å². The number of hydrogen-bond acceptors (Lipinski definition) is 12. The van der Waals surface area contributed by atoms with Crippen LogP contribution in [0.2, 0.25) is 0 Å². The van der Waals surface area contributed by atoms with E-state index in [1.165, 1.54) is 0 Å². The van der Waals surface area contributed by atoms with E-state index in [9.17, 15) is 34.8 Å². The van der Waals surface area contributed by atoms with Crippen molar-refractivity contribution in [1.82, 2.24) is 10.2 Å². The zero-order valence-corrected chi connectivity index (χ0v) is 27.1. The van der Waals surface area contributed by atoms with Crippen LogP contribution in [0.25, 0.3) is 0 Å². The van der Waals surface area contributed by atoms with Crippen LogP contribution in [0.15, 0.2) is 11.6 Å². The highest BCUT2D eigenvalue weighted by molar-refractivity contribution is 5.92. The molecule has 13 heteroatoms. The highest BCUT2D eigenvalue weighted by Gasteiger charge is 2.48. The first-order chi connectivity index (χ1) is 20.6. The Bertz CT molecular complexity index is 1040. The molecule has 0 saturated carbocycles. The van der Waals surface area contributed by atoms with E-state index in [0.717, 1.165) is 0 Å². The summed E-state index contributed by atoms with van der Waals surface area (Å²) in [5.74, 6) is -3.20. The molecule has 3 heterocycles. The lowest BCUT2D eigenvalue weighted by Gasteiger charge is -2.46. The number of likely N-dealkylation sites (N-methyl/N-ethyl adjacent to an activating group) is 1. The van der Waals surface area contributed by atoms with Gasteiger partial charge in [0.15, 0.2) is 18.2 Å². The summed E-state index contributed by atoms with van der Waals surface area (Å²) in [5, 5.41) is 45.8.